The first-order chi connectivity index (χ1) is 9.97. The fourth-order valence-corrected chi connectivity index (χ4v) is 3.54. The lowest BCUT2D eigenvalue weighted by atomic mass is 9.87. The van der Waals surface area contributed by atoms with Crippen molar-refractivity contribution in [2.45, 2.75) is 12.5 Å². The molecule has 0 aliphatic heterocycles. The number of fused-ring (bicyclic) bond motifs is 2. The van der Waals surface area contributed by atoms with Gasteiger partial charge in [0.2, 0.25) is 11.2 Å². The van der Waals surface area contributed by atoms with E-state index in [0.717, 1.165) is 6.42 Å². The molecule has 2 aliphatic rings. The molecule has 1 saturated carbocycles. The van der Waals surface area contributed by atoms with Gasteiger partial charge in [0.25, 0.3) is 0 Å². The van der Waals surface area contributed by atoms with Crippen molar-refractivity contribution in [3.63, 3.8) is 0 Å². The maximum atomic E-state index is 12.4. The van der Waals surface area contributed by atoms with E-state index < -0.39 is 0 Å². The van der Waals surface area contributed by atoms with Crippen molar-refractivity contribution in [1.82, 2.24) is 14.9 Å². The van der Waals surface area contributed by atoms with Crippen molar-refractivity contribution in [3.05, 3.63) is 28.7 Å². The van der Waals surface area contributed by atoms with Crippen LogP contribution in [0.3, 0.4) is 0 Å². The molecule has 2 aliphatic carbocycles. The highest BCUT2D eigenvalue weighted by Crippen LogP contribution is 2.45. The average Bonchev–Trinajstić information content (AvgIpc) is 3.03. The molecular weight excluding hydrogens is 311 g/mol. The molecule has 4 unspecified atom stereocenters. The molecule has 1 N–H and O–H groups in total. The van der Waals surface area contributed by atoms with E-state index in [1.807, 2.05) is 0 Å². The van der Waals surface area contributed by atoms with Crippen LogP contribution in [0.15, 0.2) is 18.3 Å². The first kappa shape index (κ1) is 14.6. The van der Waals surface area contributed by atoms with Crippen LogP contribution in [0.25, 0.3) is 0 Å². The molecule has 1 aromatic heterocycles. The molecule has 0 saturated heterocycles. The van der Waals surface area contributed by atoms with Crippen LogP contribution in [0.5, 0.6) is 0 Å². The number of hydrogen-bond acceptors (Lipinski definition) is 4. The third kappa shape index (κ3) is 2.60. The Morgan fingerprint density at radius 1 is 1.33 bits per heavy atom. The van der Waals surface area contributed by atoms with Gasteiger partial charge < -0.3 is 10.2 Å². The molecular formula is C14H16Cl2N4O. The number of anilines is 1. The van der Waals surface area contributed by atoms with Gasteiger partial charge in [-0.3, -0.25) is 4.79 Å². The molecule has 5 nitrogen and oxygen atoms in total. The van der Waals surface area contributed by atoms with Crippen molar-refractivity contribution in [1.29, 1.82) is 0 Å². The molecule has 1 fully saturated rings. The second-order valence-electron chi connectivity index (χ2n) is 5.71. The molecule has 0 spiro atoms. The minimum Gasteiger partial charge on any atom is -0.365 e. The highest BCUT2D eigenvalue weighted by molar-refractivity contribution is 6.33. The number of nitrogens with one attached hydrogen (secondary N) is 1. The van der Waals surface area contributed by atoms with E-state index in [4.69, 9.17) is 23.2 Å². The number of aromatic nitrogens is 2. The zero-order chi connectivity index (χ0) is 15.1. The number of hydrogen-bond donors (Lipinski definition) is 1. The van der Waals surface area contributed by atoms with Gasteiger partial charge in [0.15, 0.2) is 0 Å². The maximum absolute atomic E-state index is 12.4. The Morgan fingerprint density at radius 3 is 2.76 bits per heavy atom. The summed E-state index contributed by atoms with van der Waals surface area (Å²) in [5.41, 5.74) is 0. The lowest BCUT2D eigenvalue weighted by Crippen LogP contribution is -2.43. The van der Waals surface area contributed by atoms with Crippen molar-refractivity contribution in [3.8, 4) is 0 Å². The van der Waals surface area contributed by atoms with Crippen LogP contribution in [0, 0.1) is 17.8 Å². The van der Waals surface area contributed by atoms with Crippen LogP contribution in [-0.2, 0) is 4.79 Å². The van der Waals surface area contributed by atoms with E-state index in [0.29, 0.717) is 16.8 Å². The summed E-state index contributed by atoms with van der Waals surface area (Å²) in [5.74, 6) is 1.10. The smallest absolute Gasteiger partial charge is 0.227 e. The van der Waals surface area contributed by atoms with E-state index in [-0.39, 0.29) is 29.1 Å². The highest BCUT2D eigenvalue weighted by atomic mass is 35.5. The Labute approximate surface area is 133 Å². The lowest BCUT2D eigenvalue weighted by Gasteiger charge is -2.30. The maximum Gasteiger partial charge on any atom is 0.227 e. The molecule has 21 heavy (non-hydrogen) atoms. The van der Waals surface area contributed by atoms with Crippen LogP contribution in [0.4, 0.5) is 5.82 Å². The number of carbonyl (C=O) groups is 1. The molecule has 112 valence electrons. The predicted molar refractivity (Wildman–Crippen MR) is 82.4 cm³/mol. The molecule has 0 aromatic carbocycles. The summed E-state index contributed by atoms with van der Waals surface area (Å²) in [6.45, 7) is 0. The largest absolute Gasteiger partial charge is 0.365 e. The number of carbonyl (C=O) groups excluding carboxylic acids is 1. The first-order valence-corrected chi connectivity index (χ1v) is 7.57. The van der Waals surface area contributed by atoms with E-state index in [2.05, 4.69) is 27.4 Å². The topological polar surface area (TPSA) is 58.1 Å². The fourth-order valence-electron chi connectivity index (χ4n) is 3.26. The monoisotopic (exact) mass is 326 g/mol. The molecule has 3 rings (SSSR count). The quantitative estimate of drug-likeness (QED) is 0.684. The molecule has 7 heteroatoms. The summed E-state index contributed by atoms with van der Waals surface area (Å²) >= 11 is 11.9. The van der Waals surface area contributed by atoms with Crippen molar-refractivity contribution < 1.29 is 4.79 Å². The van der Waals surface area contributed by atoms with Crippen LogP contribution in [0.2, 0.25) is 10.3 Å². The Kier molecular flexibility index (Phi) is 3.80. The summed E-state index contributed by atoms with van der Waals surface area (Å²) in [6.07, 6.45) is 6.76. The van der Waals surface area contributed by atoms with Gasteiger partial charge in [-0.05, 0) is 29.9 Å². The van der Waals surface area contributed by atoms with Gasteiger partial charge in [0, 0.05) is 20.1 Å². The standard InChI is InChI=1S/C14H16Cl2N4O/c1-20(2)13(21)10-7-3-4-8(5-7)11(10)18-12-9(15)6-17-14(16)19-12/h3-4,6-8,10-11H,5H2,1-2H3,(H,17,18,19). The summed E-state index contributed by atoms with van der Waals surface area (Å²) < 4.78 is 0. The Bertz CT molecular complexity index is 605. The predicted octanol–water partition coefficient (Wildman–Crippen LogP) is 2.47. The zero-order valence-electron chi connectivity index (χ0n) is 11.8. The number of rotatable bonds is 3. The van der Waals surface area contributed by atoms with Crippen molar-refractivity contribution in [2.75, 3.05) is 19.4 Å². The Hall–Kier alpha value is -1.33. The average molecular weight is 327 g/mol. The van der Waals surface area contributed by atoms with E-state index >= 15 is 0 Å². The number of allylic oxidation sites excluding steroid dienone is 1. The van der Waals surface area contributed by atoms with Crippen molar-refractivity contribution in [2.24, 2.45) is 17.8 Å². The highest BCUT2D eigenvalue weighted by Gasteiger charge is 2.48. The van der Waals surface area contributed by atoms with Gasteiger partial charge in [-0.1, -0.05) is 23.8 Å². The normalized spacial score (nSPS) is 29.7. The summed E-state index contributed by atoms with van der Waals surface area (Å²) in [4.78, 5) is 22.0. The third-order valence-electron chi connectivity index (χ3n) is 4.20. The number of halogens is 2. The Balaban J connectivity index is 1.88. The number of amides is 1. The molecule has 1 aromatic rings. The van der Waals surface area contributed by atoms with Crippen LogP contribution in [-0.4, -0.2) is 40.9 Å². The SMILES string of the molecule is CN(C)C(=O)C1C2C=CC(C2)C1Nc1nc(Cl)ncc1Cl. The molecule has 0 radical (unpaired) electrons. The van der Waals surface area contributed by atoms with Gasteiger partial charge in [-0.2, -0.15) is 4.98 Å². The summed E-state index contributed by atoms with van der Waals surface area (Å²) in [7, 11) is 3.56. The lowest BCUT2D eigenvalue weighted by molar-refractivity contribution is -0.133. The van der Waals surface area contributed by atoms with Gasteiger partial charge >= 0.3 is 0 Å². The molecule has 4 atom stereocenters. The van der Waals surface area contributed by atoms with Gasteiger partial charge in [0.05, 0.1) is 12.1 Å². The van der Waals surface area contributed by atoms with Crippen LogP contribution < -0.4 is 5.32 Å². The van der Waals surface area contributed by atoms with E-state index in [9.17, 15) is 4.79 Å². The summed E-state index contributed by atoms with van der Waals surface area (Å²) in [5, 5.41) is 3.84. The van der Waals surface area contributed by atoms with Gasteiger partial charge in [-0.15, -0.1) is 0 Å². The second kappa shape index (κ2) is 5.46. The van der Waals surface area contributed by atoms with Gasteiger partial charge in [0.1, 0.15) is 10.8 Å². The zero-order valence-corrected chi connectivity index (χ0v) is 13.3. The third-order valence-corrected chi connectivity index (χ3v) is 4.66. The fraction of sp³-hybridized carbons (Fsp3) is 0.500. The molecule has 2 bridgehead atoms. The van der Waals surface area contributed by atoms with Gasteiger partial charge in [-0.25, -0.2) is 4.98 Å². The van der Waals surface area contributed by atoms with E-state index in [1.165, 1.54) is 6.20 Å². The Morgan fingerprint density at radius 2 is 2.05 bits per heavy atom. The van der Waals surface area contributed by atoms with Crippen LogP contribution >= 0.6 is 23.2 Å². The second-order valence-corrected chi connectivity index (χ2v) is 6.46. The van der Waals surface area contributed by atoms with Crippen LogP contribution in [0.1, 0.15) is 6.42 Å². The molecule has 1 heterocycles. The van der Waals surface area contributed by atoms with E-state index in [1.54, 1.807) is 19.0 Å². The first-order valence-electron chi connectivity index (χ1n) is 6.81. The summed E-state index contributed by atoms with van der Waals surface area (Å²) in [6, 6.07) is -0.0154. The molecule has 1 amide bonds. The minimum atomic E-state index is -0.0974. The van der Waals surface area contributed by atoms with Crippen molar-refractivity contribution >= 4 is 34.9 Å². The number of nitrogens with zero attached hydrogens (tertiary/aromatic N) is 3. The minimum absolute atomic E-state index is 0.0154.